The van der Waals surface area contributed by atoms with Crippen molar-refractivity contribution in [1.82, 2.24) is 15.1 Å². The summed E-state index contributed by atoms with van der Waals surface area (Å²) in [6.45, 7) is -0.466. The van der Waals surface area contributed by atoms with Gasteiger partial charge in [0.2, 0.25) is 5.91 Å². The number of imide groups is 2. The Morgan fingerprint density at radius 2 is 1.73 bits per heavy atom. The number of carbonyl (C=O) groups excluding carboxylic acids is 4. The molecule has 0 unspecified atom stereocenters. The summed E-state index contributed by atoms with van der Waals surface area (Å²) >= 11 is 0. The molecule has 6 amide bonds. The fraction of sp³-hybridized carbons (Fsp3) is 0.444. The Labute approximate surface area is 151 Å². The van der Waals surface area contributed by atoms with Gasteiger partial charge in [-0.25, -0.2) is 9.59 Å². The van der Waals surface area contributed by atoms with Gasteiger partial charge in [0.25, 0.3) is 5.91 Å². The second kappa shape index (κ2) is 7.15. The Morgan fingerprint density at radius 3 is 2.38 bits per heavy atom. The van der Waals surface area contributed by atoms with Gasteiger partial charge in [-0.05, 0) is 25.0 Å². The van der Waals surface area contributed by atoms with Gasteiger partial charge in [-0.3, -0.25) is 19.8 Å². The average Bonchev–Trinajstić information content (AvgIpc) is 2.79. The van der Waals surface area contributed by atoms with E-state index in [2.05, 4.69) is 10.6 Å². The normalized spacial score (nSPS) is 19.0. The zero-order chi connectivity index (χ0) is 18.7. The molecule has 8 heteroatoms. The molecule has 0 aromatic heterocycles. The van der Waals surface area contributed by atoms with Crippen molar-refractivity contribution in [3.05, 3.63) is 30.3 Å². The Morgan fingerprint density at radius 1 is 1.08 bits per heavy atom. The highest BCUT2D eigenvalue weighted by Gasteiger charge is 2.55. The summed E-state index contributed by atoms with van der Waals surface area (Å²) in [4.78, 5) is 51.7. The predicted molar refractivity (Wildman–Crippen MR) is 94.3 cm³/mol. The molecule has 1 aliphatic heterocycles. The van der Waals surface area contributed by atoms with E-state index in [0.717, 1.165) is 24.2 Å². The van der Waals surface area contributed by atoms with Gasteiger partial charge in [-0.15, -0.1) is 0 Å². The number of likely N-dealkylation sites (N-methyl/N-ethyl adjacent to an activating group) is 1. The number of rotatable bonds is 3. The van der Waals surface area contributed by atoms with Crippen molar-refractivity contribution in [2.24, 2.45) is 0 Å². The molecule has 8 nitrogen and oxygen atoms in total. The van der Waals surface area contributed by atoms with Crippen LogP contribution in [-0.4, -0.2) is 52.8 Å². The minimum absolute atomic E-state index is 0.344. The zero-order valence-electron chi connectivity index (χ0n) is 14.7. The topological polar surface area (TPSA) is 98.8 Å². The van der Waals surface area contributed by atoms with Crippen LogP contribution in [0, 0.1) is 0 Å². The number of nitrogens with zero attached hydrogens (tertiary/aromatic N) is 2. The van der Waals surface area contributed by atoms with E-state index >= 15 is 0 Å². The third-order valence-corrected chi connectivity index (χ3v) is 5.07. The van der Waals surface area contributed by atoms with Gasteiger partial charge in [0.15, 0.2) is 0 Å². The summed E-state index contributed by atoms with van der Waals surface area (Å²) in [5.74, 6) is -1.05. The number of urea groups is 2. The van der Waals surface area contributed by atoms with Crippen molar-refractivity contribution in [3.63, 3.8) is 0 Å². The quantitative estimate of drug-likeness (QED) is 0.807. The molecule has 2 N–H and O–H groups in total. The first-order chi connectivity index (χ1) is 12.4. The Balaban J connectivity index is 1.61. The molecule has 1 saturated heterocycles. The van der Waals surface area contributed by atoms with E-state index in [1.165, 1.54) is 4.90 Å². The number of anilines is 1. The van der Waals surface area contributed by atoms with E-state index < -0.39 is 30.1 Å². The van der Waals surface area contributed by atoms with Crippen molar-refractivity contribution in [2.45, 2.75) is 37.6 Å². The summed E-state index contributed by atoms with van der Waals surface area (Å²) in [6.07, 6.45) is 4.02. The monoisotopic (exact) mass is 358 g/mol. The molecule has 0 radical (unpaired) electrons. The molecule has 1 heterocycles. The molecule has 1 saturated carbocycles. The van der Waals surface area contributed by atoms with Crippen LogP contribution in [0.2, 0.25) is 0 Å². The van der Waals surface area contributed by atoms with Crippen LogP contribution in [0.4, 0.5) is 15.3 Å². The lowest BCUT2D eigenvalue weighted by Crippen LogP contribution is -2.49. The van der Waals surface area contributed by atoms with Crippen LogP contribution in [0.1, 0.15) is 32.1 Å². The maximum atomic E-state index is 12.8. The van der Waals surface area contributed by atoms with Gasteiger partial charge in [0.05, 0.1) is 0 Å². The Bertz CT molecular complexity index is 728. The summed E-state index contributed by atoms with van der Waals surface area (Å²) in [6, 6.07) is 7.46. The van der Waals surface area contributed by atoms with Gasteiger partial charge in [-0.2, -0.15) is 0 Å². The lowest BCUT2D eigenvalue weighted by molar-refractivity contribution is -0.137. The molecule has 0 atom stereocenters. The number of benzene rings is 1. The van der Waals surface area contributed by atoms with E-state index in [1.807, 2.05) is 0 Å². The molecule has 3 rings (SSSR count). The molecule has 2 aliphatic rings. The van der Waals surface area contributed by atoms with Crippen LogP contribution in [0.5, 0.6) is 0 Å². The number of para-hydroxylation sites is 1. The molecule has 2 fully saturated rings. The molecule has 1 aromatic carbocycles. The van der Waals surface area contributed by atoms with E-state index in [1.54, 1.807) is 37.4 Å². The van der Waals surface area contributed by atoms with Crippen molar-refractivity contribution in [3.8, 4) is 0 Å². The highest BCUT2D eigenvalue weighted by molar-refractivity contribution is 6.10. The van der Waals surface area contributed by atoms with Gasteiger partial charge >= 0.3 is 12.1 Å². The molecular formula is C18H22N4O4. The first kappa shape index (κ1) is 17.9. The van der Waals surface area contributed by atoms with Crippen LogP contribution >= 0.6 is 0 Å². The van der Waals surface area contributed by atoms with E-state index in [4.69, 9.17) is 0 Å². The van der Waals surface area contributed by atoms with Crippen LogP contribution in [-0.2, 0) is 9.59 Å². The minimum atomic E-state index is -0.831. The second-order valence-corrected chi connectivity index (χ2v) is 6.69. The molecule has 26 heavy (non-hydrogen) atoms. The number of amides is 6. The highest BCUT2D eigenvalue weighted by atomic mass is 16.2. The first-order valence-electron chi connectivity index (χ1n) is 8.70. The molecule has 0 bridgehead atoms. The summed E-state index contributed by atoms with van der Waals surface area (Å²) in [5.41, 5.74) is -0.297. The first-order valence-corrected chi connectivity index (χ1v) is 8.70. The van der Waals surface area contributed by atoms with Gasteiger partial charge in [0, 0.05) is 12.7 Å². The molecule has 1 aromatic rings. The van der Waals surface area contributed by atoms with E-state index in [-0.39, 0.29) is 5.91 Å². The number of hydrogen-bond acceptors (Lipinski definition) is 4. The lowest BCUT2D eigenvalue weighted by Gasteiger charge is -2.35. The number of nitrogens with one attached hydrogen (secondary N) is 2. The molecule has 1 aliphatic carbocycles. The van der Waals surface area contributed by atoms with Crippen LogP contribution in [0.3, 0.4) is 0 Å². The van der Waals surface area contributed by atoms with Gasteiger partial charge < -0.3 is 10.2 Å². The zero-order valence-corrected chi connectivity index (χ0v) is 14.7. The molecule has 1 spiro atoms. The van der Waals surface area contributed by atoms with Crippen LogP contribution in [0.25, 0.3) is 0 Å². The molecule has 138 valence electrons. The number of carbonyl (C=O) groups is 4. The smallest absolute Gasteiger partial charge is 0.313 e. The third-order valence-electron chi connectivity index (χ3n) is 5.07. The maximum Gasteiger partial charge on any atom is 0.327 e. The lowest BCUT2D eigenvalue weighted by atomic mass is 9.81. The van der Waals surface area contributed by atoms with Crippen molar-refractivity contribution < 1.29 is 19.2 Å². The fourth-order valence-corrected chi connectivity index (χ4v) is 3.66. The third kappa shape index (κ3) is 3.26. The van der Waals surface area contributed by atoms with E-state index in [9.17, 15) is 19.2 Å². The largest absolute Gasteiger partial charge is 0.327 e. The van der Waals surface area contributed by atoms with Gasteiger partial charge in [-0.1, -0.05) is 37.5 Å². The summed E-state index contributed by atoms with van der Waals surface area (Å²) in [5, 5.41) is 4.67. The van der Waals surface area contributed by atoms with Crippen molar-refractivity contribution in [2.75, 3.05) is 18.9 Å². The SMILES string of the molecule is CN1C(=O)N(CC(=O)NC(=O)Nc2ccccc2)C(=O)C12CCCCC2. The van der Waals surface area contributed by atoms with Crippen molar-refractivity contribution in [1.29, 1.82) is 0 Å². The second-order valence-electron chi connectivity index (χ2n) is 6.69. The molecular weight excluding hydrogens is 336 g/mol. The minimum Gasteiger partial charge on any atom is -0.313 e. The maximum absolute atomic E-state index is 12.8. The summed E-state index contributed by atoms with van der Waals surface area (Å²) < 4.78 is 0. The Kier molecular flexibility index (Phi) is 4.92. The van der Waals surface area contributed by atoms with Crippen LogP contribution < -0.4 is 10.6 Å². The predicted octanol–water partition coefficient (Wildman–Crippen LogP) is 1.93. The Hall–Kier alpha value is -2.90. The van der Waals surface area contributed by atoms with Crippen molar-refractivity contribution >= 4 is 29.6 Å². The van der Waals surface area contributed by atoms with Crippen LogP contribution in [0.15, 0.2) is 30.3 Å². The van der Waals surface area contributed by atoms with E-state index in [0.29, 0.717) is 18.5 Å². The standard InChI is InChI=1S/C18H22N4O4/c1-21-17(26)22(15(24)18(21)10-6-3-7-11-18)12-14(23)20-16(25)19-13-8-4-2-5-9-13/h2,4-5,8-9H,3,6-7,10-12H2,1H3,(H2,19,20,23,25). The fourth-order valence-electron chi connectivity index (χ4n) is 3.66. The summed E-state index contributed by atoms with van der Waals surface area (Å²) in [7, 11) is 1.60. The number of hydrogen-bond donors (Lipinski definition) is 2. The van der Waals surface area contributed by atoms with Gasteiger partial charge in [0.1, 0.15) is 12.1 Å². The highest BCUT2D eigenvalue weighted by Crippen LogP contribution is 2.39. The average molecular weight is 358 g/mol.